The number of carboxylic acids is 1. The van der Waals surface area contributed by atoms with Crippen LogP contribution in [0.4, 0.5) is 0 Å². The highest BCUT2D eigenvalue weighted by atomic mass is 16.4. The number of furan rings is 1. The van der Waals surface area contributed by atoms with E-state index in [9.17, 15) is 9.90 Å². The van der Waals surface area contributed by atoms with Crippen molar-refractivity contribution in [3.8, 4) is 0 Å². The number of aryl methyl sites for hydroxylation is 1. The molecule has 0 aliphatic heterocycles. The highest BCUT2D eigenvalue weighted by Gasteiger charge is 2.26. The second-order valence-electron chi connectivity index (χ2n) is 5.29. The van der Waals surface area contributed by atoms with Gasteiger partial charge in [0.25, 0.3) is 0 Å². The molecule has 0 radical (unpaired) electrons. The Labute approximate surface area is 112 Å². The third-order valence-electron chi connectivity index (χ3n) is 3.92. The Kier molecular flexibility index (Phi) is 4.61. The van der Waals surface area contributed by atoms with Crippen LogP contribution in [0, 0.1) is 18.8 Å². The number of rotatable bonds is 6. The number of nitrogens with one attached hydrogen (secondary N) is 1. The maximum Gasteiger partial charge on any atom is 0.372 e. The van der Waals surface area contributed by atoms with Gasteiger partial charge in [-0.05, 0) is 44.2 Å². The molecule has 1 aromatic heterocycles. The van der Waals surface area contributed by atoms with E-state index in [4.69, 9.17) is 9.52 Å². The van der Waals surface area contributed by atoms with Crippen molar-refractivity contribution >= 4 is 5.97 Å². The number of hydrogen-bond donors (Lipinski definition) is 3. The molecule has 0 aromatic carbocycles. The lowest BCUT2D eigenvalue weighted by Crippen LogP contribution is -2.26. The van der Waals surface area contributed by atoms with E-state index in [2.05, 4.69) is 5.32 Å². The van der Waals surface area contributed by atoms with E-state index in [-0.39, 0.29) is 12.4 Å². The minimum Gasteiger partial charge on any atom is -0.475 e. The molecule has 1 aliphatic carbocycles. The van der Waals surface area contributed by atoms with Crippen molar-refractivity contribution < 1.29 is 19.4 Å². The van der Waals surface area contributed by atoms with Gasteiger partial charge < -0.3 is 19.9 Å². The fourth-order valence-corrected chi connectivity index (χ4v) is 2.85. The van der Waals surface area contributed by atoms with Crippen LogP contribution >= 0.6 is 0 Å². The molecule has 1 saturated carbocycles. The second-order valence-corrected chi connectivity index (χ2v) is 5.29. The average Bonchev–Trinajstić information content (AvgIpc) is 2.95. The molecule has 1 heterocycles. The summed E-state index contributed by atoms with van der Waals surface area (Å²) in [5.41, 5.74) is 0.651. The predicted octanol–water partition coefficient (Wildman–Crippen LogP) is 1.78. The molecule has 1 fully saturated rings. The zero-order chi connectivity index (χ0) is 13.8. The van der Waals surface area contributed by atoms with E-state index in [1.54, 1.807) is 13.0 Å². The van der Waals surface area contributed by atoms with Gasteiger partial charge in [0.1, 0.15) is 5.76 Å². The van der Waals surface area contributed by atoms with Gasteiger partial charge in [-0.15, -0.1) is 0 Å². The Hall–Kier alpha value is -1.33. The summed E-state index contributed by atoms with van der Waals surface area (Å²) in [6, 6.07) is 1.76. The van der Waals surface area contributed by atoms with Gasteiger partial charge in [-0.25, -0.2) is 4.79 Å². The minimum atomic E-state index is -1.03. The molecule has 5 nitrogen and oxygen atoms in total. The smallest absolute Gasteiger partial charge is 0.372 e. The van der Waals surface area contributed by atoms with Crippen molar-refractivity contribution in [1.82, 2.24) is 5.32 Å². The molecule has 1 aliphatic rings. The molecular formula is C14H21NO4. The molecular weight excluding hydrogens is 246 g/mol. The summed E-state index contributed by atoms with van der Waals surface area (Å²) < 4.78 is 5.28. The van der Waals surface area contributed by atoms with Gasteiger partial charge in [0, 0.05) is 12.2 Å². The van der Waals surface area contributed by atoms with Crippen LogP contribution in [0.3, 0.4) is 0 Å². The third-order valence-corrected chi connectivity index (χ3v) is 3.92. The van der Waals surface area contributed by atoms with Crippen LogP contribution in [0.25, 0.3) is 0 Å². The average molecular weight is 267 g/mol. The Morgan fingerprint density at radius 3 is 2.84 bits per heavy atom. The van der Waals surface area contributed by atoms with E-state index >= 15 is 0 Å². The molecule has 2 atom stereocenters. The van der Waals surface area contributed by atoms with Crippen molar-refractivity contribution in [2.24, 2.45) is 11.8 Å². The molecule has 0 spiro atoms. The van der Waals surface area contributed by atoms with Crippen LogP contribution < -0.4 is 5.32 Å². The Morgan fingerprint density at radius 1 is 1.47 bits per heavy atom. The van der Waals surface area contributed by atoms with Crippen molar-refractivity contribution in [3.05, 3.63) is 23.2 Å². The SMILES string of the molecule is Cc1cc(CNCC2CCCC2CO)oc1C(=O)O. The number of aliphatic hydroxyl groups excluding tert-OH is 1. The third kappa shape index (κ3) is 3.36. The number of carboxylic acid groups (broad SMARTS) is 1. The quantitative estimate of drug-likeness (QED) is 0.732. The van der Waals surface area contributed by atoms with E-state index in [0.717, 1.165) is 19.4 Å². The van der Waals surface area contributed by atoms with Crippen LogP contribution in [-0.2, 0) is 6.54 Å². The topological polar surface area (TPSA) is 82.7 Å². The first-order chi connectivity index (χ1) is 9.11. The highest BCUT2D eigenvalue weighted by Crippen LogP contribution is 2.30. The van der Waals surface area contributed by atoms with E-state index in [1.165, 1.54) is 6.42 Å². The van der Waals surface area contributed by atoms with Crippen molar-refractivity contribution in [3.63, 3.8) is 0 Å². The van der Waals surface area contributed by atoms with Gasteiger partial charge in [0.2, 0.25) is 5.76 Å². The molecule has 3 N–H and O–H groups in total. The fraction of sp³-hybridized carbons (Fsp3) is 0.643. The van der Waals surface area contributed by atoms with Gasteiger partial charge in [0.15, 0.2) is 0 Å². The van der Waals surface area contributed by atoms with Crippen LogP contribution in [0.15, 0.2) is 10.5 Å². The zero-order valence-electron chi connectivity index (χ0n) is 11.2. The lowest BCUT2D eigenvalue weighted by molar-refractivity contribution is 0.0659. The first-order valence-electron chi connectivity index (χ1n) is 6.76. The van der Waals surface area contributed by atoms with E-state index in [0.29, 0.717) is 29.7 Å². The van der Waals surface area contributed by atoms with E-state index in [1.807, 2.05) is 0 Å². The van der Waals surface area contributed by atoms with Crippen LogP contribution in [0.2, 0.25) is 0 Å². The van der Waals surface area contributed by atoms with Crippen LogP contribution in [0.1, 0.15) is 41.1 Å². The van der Waals surface area contributed by atoms with Gasteiger partial charge in [-0.1, -0.05) is 6.42 Å². The Balaban J connectivity index is 1.82. The molecule has 5 heteroatoms. The number of carbonyl (C=O) groups is 1. The molecule has 0 amide bonds. The van der Waals surface area contributed by atoms with Crippen molar-refractivity contribution in [2.45, 2.75) is 32.7 Å². The normalized spacial score (nSPS) is 22.8. The zero-order valence-corrected chi connectivity index (χ0v) is 11.2. The number of aliphatic hydroxyl groups is 1. The first kappa shape index (κ1) is 14.1. The predicted molar refractivity (Wildman–Crippen MR) is 70.0 cm³/mol. The lowest BCUT2D eigenvalue weighted by atomic mass is 9.97. The first-order valence-corrected chi connectivity index (χ1v) is 6.76. The van der Waals surface area contributed by atoms with Crippen molar-refractivity contribution in [2.75, 3.05) is 13.2 Å². The maximum atomic E-state index is 10.9. The molecule has 1 aromatic rings. The summed E-state index contributed by atoms with van der Waals surface area (Å²) in [4.78, 5) is 10.9. The van der Waals surface area contributed by atoms with Gasteiger partial charge in [-0.2, -0.15) is 0 Å². The summed E-state index contributed by atoms with van der Waals surface area (Å²) in [5, 5.41) is 21.4. The van der Waals surface area contributed by atoms with Crippen LogP contribution in [0.5, 0.6) is 0 Å². The second kappa shape index (κ2) is 6.21. The van der Waals surface area contributed by atoms with Gasteiger partial charge in [-0.3, -0.25) is 0 Å². The maximum absolute atomic E-state index is 10.9. The molecule has 0 bridgehead atoms. The Morgan fingerprint density at radius 2 is 2.21 bits per heavy atom. The van der Waals surface area contributed by atoms with E-state index < -0.39 is 5.97 Å². The van der Waals surface area contributed by atoms with Crippen molar-refractivity contribution in [1.29, 1.82) is 0 Å². The molecule has 0 saturated heterocycles. The molecule has 2 rings (SSSR count). The summed E-state index contributed by atoms with van der Waals surface area (Å²) in [7, 11) is 0. The fourth-order valence-electron chi connectivity index (χ4n) is 2.85. The molecule has 106 valence electrons. The lowest BCUT2D eigenvalue weighted by Gasteiger charge is -2.17. The number of aromatic carboxylic acids is 1. The minimum absolute atomic E-state index is 0.0194. The number of hydrogen-bond acceptors (Lipinski definition) is 4. The van der Waals surface area contributed by atoms with Gasteiger partial charge in [0.05, 0.1) is 6.54 Å². The highest BCUT2D eigenvalue weighted by molar-refractivity contribution is 5.86. The molecule has 2 unspecified atom stereocenters. The molecule has 19 heavy (non-hydrogen) atoms. The largest absolute Gasteiger partial charge is 0.475 e. The monoisotopic (exact) mass is 267 g/mol. The Bertz CT molecular complexity index is 441. The standard InChI is InChI=1S/C14H21NO4/c1-9-5-12(19-13(9)14(17)18)7-15-6-10-3-2-4-11(10)8-16/h5,10-11,15-16H,2-4,6-8H2,1H3,(H,17,18). The summed E-state index contributed by atoms with van der Waals surface area (Å²) in [6.07, 6.45) is 3.43. The van der Waals surface area contributed by atoms with Crippen LogP contribution in [-0.4, -0.2) is 29.3 Å². The summed E-state index contributed by atoms with van der Waals surface area (Å²) in [6.45, 7) is 3.36. The summed E-state index contributed by atoms with van der Waals surface area (Å²) in [5.74, 6) is 0.555. The summed E-state index contributed by atoms with van der Waals surface area (Å²) >= 11 is 0. The van der Waals surface area contributed by atoms with Gasteiger partial charge >= 0.3 is 5.97 Å².